The number of imidazole rings is 1. The molecule has 8 N–H and O–H groups in total. The number of rotatable bonds is 11. The molecule has 2 heterocycles. The number of hydrogen-bond acceptors (Lipinski definition) is 8. The molecule has 0 unspecified atom stereocenters. The van der Waals surface area contributed by atoms with Crippen molar-refractivity contribution in [3.63, 3.8) is 0 Å². The molecule has 0 aliphatic carbocycles. The van der Waals surface area contributed by atoms with Gasteiger partial charge in [0.05, 0.1) is 6.61 Å². The van der Waals surface area contributed by atoms with Crippen molar-refractivity contribution < 1.29 is 9.53 Å². The summed E-state index contributed by atoms with van der Waals surface area (Å²) < 4.78 is 5.77. The Balaban J connectivity index is 1.43. The molecule has 12 heteroatoms. The van der Waals surface area contributed by atoms with Gasteiger partial charge < -0.3 is 26.9 Å². The minimum Gasteiger partial charge on any atom is -0.494 e. The van der Waals surface area contributed by atoms with Gasteiger partial charge >= 0.3 is 0 Å². The number of carbonyl (C=O) groups excluding carboxylic acids is 1. The lowest BCUT2D eigenvalue weighted by molar-refractivity contribution is 0.0838. The van der Waals surface area contributed by atoms with Gasteiger partial charge in [-0.15, -0.1) is 0 Å². The summed E-state index contributed by atoms with van der Waals surface area (Å²) in [5, 5.41) is 7.61. The number of amides is 1. The highest BCUT2D eigenvalue weighted by molar-refractivity contribution is 6.31. The fourth-order valence-corrected chi connectivity index (χ4v) is 3.40. The fraction of sp³-hybridized carbons (Fsp3) is 0.318. The molecule has 3 aromatic rings. The predicted molar refractivity (Wildman–Crippen MR) is 131 cm³/mol. The van der Waals surface area contributed by atoms with Crippen molar-refractivity contribution in [3.8, 4) is 5.75 Å². The lowest BCUT2D eigenvalue weighted by atomic mass is 10.1. The van der Waals surface area contributed by atoms with E-state index in [-0.39, 0.29) is 29.0 Å². The van der Waals surface area contributed by atoms with Crippen molar-refractivity contribution in [1.29, 1.82) is 5.41 Å². The summed E-state index contributed by atoms with van der Waals surface area (Å²) in [6, 6.07) is 7.92. The molecule has 180 valence electrons. The van der Waals surface area contributed by atoms with Crippen LogP contribution in [0, 0.1) is 5.41 Å². The molecule has 34 heavy (non-hydrogen) atoms. The van der Waals surface area contributed by atoms with Gasteiger partial charge in [0.2, 0.25) is 0 Å². The Bertz CT molecular complexity index is 1100. The number of nitrogens with zero attached hydrogens (tertiary/aromatic N) is 4. The van der Waals surface area contributed by atoms with E-state index in [2.05, 4.69) is 19.9 Å². The van der Waals surface area contributed by atoms with E-state index in [0.29, 0.717) is 13.0 Å². The van der Waals surface area contributed by atoms with Gasteiger partial charge in [-0.25, -0.2) is 15.0 Å². The molecule has 1 aromatic carbocycles. The second-order valence-electron chi connectivity index (χ2n) is 7.56. The largest absolute Gasteiger partial charge is 0.494 e. The zero-order valence-electron chi connectivity index (χ0n) is 18.6. The third kappa shape index (κ3) is 6.82. The monoisotopic (exact) mass is 485 g/mol. The number of H-pyrrole nitrogens is 1. The van der Waals surface area contributed by atoms with Gasteiger partial charge in [0.25, 0.3) is 5.91 Å². The van der Waals surface area contributed by atoms with Gasteiger partial charge in [0, 0.05) is 25.4 Å². The number of nitrogen functional groups attached to an aromatic ring is 2. The summed E-state index contributed by atoms with van der Waals surface area (Å²) >= 11 is 5.85. The lowest BCUT2D eigenvalue weighted by Crippen LogP contribution is -2.42. The lowest BCUT2D eigenvalue weighted by Gasteiger charge is -2.20. The molecule has 1 amide bonds. The van der Waals surface area contributed by atoms with E-state index in [4.69, 9.17) is 38.9 Å². The van der Waals surface area contributed by atoms with Crippen LogP contribution in [-0.4, -0.2) is 49.9 Å². The van der Waals surface area contributed by atoms with Crippen molar-refractivity contribution in [1.82, 2.24) is 24.8 Å². The van der Waals surface area contributed by atoms with Gasteiger partial charge in [0.1, 0.15) is 11.6 Å². The summed E-state index contributed by atoms with van der Waals surface area (Å²) in [5.74, 6) is 0.479. The van der Waals surface area contributed by atoms with Gasteiger partial charge in [-0.1, -0.05) is 23.7 Å². The number of ether oxygens (including phenoxy) is 1. The Morgan fingerprint density at radius 2 is 1.85 bits per heavy atom. The molecule has 0 aliphatic heterocycles. The van der Waals surface area contributed by atoms with Gasteiger partial charge in [-0.05, 0) is 43.4 Å². The number of aromatic amines is 1. The van der Waals surface area contributed by atoms with Crippen LogP contribution in [-0.2, 0) is 12.8 Å². The number of aromatic nitrogens is 4. The fourth-order valence-electron chi connectivity index (χ4n) is 3.27. The van der Waals surface area contributed by atoms with Crippen LogP contribution in [0.15, 0.2) is 36.7 Å². The summed E-state index contributed by atoms with van der Waals surface area (Å²) in [7, 11) is 0. The van der Waals surface area contributed by atoms with Crippen LogP contribution in [0.1, 0.15) is 41.1 Å². The summed E-state index contributed by atoms with van der Waals surface area (Å²) in [6.07, 6.45) is 7.47. The first-order valence-electron chi connectivity index (χ1n) is 10.8. The Morgan fingerprint density at radius 3 is 2.53 bits per heavy atom. The van der Waals surface area contributed by atoms with Crippen molar-refractivity contribution in [3.05, 3.63) is 58.9 Å². The molecular formula is C22H28ClN9O2. The van der Waals surface area contributed by atoms with Crippen molar-refractivity contribution >= 4 is 35.1 Å². The highest BCUT2D eigenvalue weighted by Crippen LogP contribution is 2.19. The van der Waals surface area contributed by atoms with Crippen LogP contribution in [0.5, 0.6) is 5.75 Å². The smallest absolute Gasteiger partial charge is 0.283 e. The second-order valence-corrected chi connectivity index (χ2v) is 7.92. The highest BCUT2D eigenvalue weighted by Gasteiger charge is 2.23. The quantitative estimate of drug-likeness (QED) is 0.155. The zero-order valence-corrected chi connectivity index (χ0v) is 19.4. The number of carbonyl (C=O) groups is 1. The maximum absolute atomic E-state index is 12.8. The van der Waals surface area contributed by atoms with Crippen LogP contribution in [0.2, 0.25) is 5.15 Å². The first-order chi connectivity index (χ1) is 16.3. The van der Waals surface area contributed by atoms with E-state index >= 15 is 0 Å². The molecule has 0 fully saturated rings. The molecule has 3 rings (SSSR count). The normalized spacial score (nSPS) is 10.7. The number of guanidine groups is 1. The Kier molecular flexibility index (Phi) is 8.63. The number of unbranched alkanes of at least 4 members (excludes halogenated alkanes) is 1. The van der Waals surface area contributed by atoms with Crippen LogP contribution in [0.4, 0.5) is 11.6 Å². The SMILES string of the molecule is N=C(N)N(CCCCc1ccc(OCCCc2ncc[nH]2)cc1)C(=O)c1nc(Cl)c(N)nc1N. The minimum atomic E-state index is -0.645. The average molecular weight is 486 g/mol. The number of aryl methyl sites for hydroxylation is 2. The van der Waals surface area contributed by atoms with Crippen LogP contribution < -0.4 is 21.9 Å². The molecule has 0 saturated carbocycles. The number of nitrogens with two attached hydrogens (primary N) is 3. The van der Waals surface area contributed by atoms with E-state index in [1.54, 1.807) is 6.20 Å². The van der Waals surface area contributed by atoms with Crippen molar-refractivity contribution in [2.75, 3.05) is 24.6 Å². The van der Waals surface area contributed by atoms with E-state index < -0.39 is 11.9 Å². The minimum absolute atomic E-state index is 0.0737. The van der Waals surface area contributed by atoms with Gasteiger partial charge in [0.15, 0.2) is 28.4 Å². The Labute approximate surface area is 202 Å². The number of benzene rings is 1. The summed E-state index contributed by atoms with van der Waals surface area (Å²) in [5.41, 5.74) is 17.9. The van der Waals surface area contributed by atoms with E-state index in [1.165, 1.54) is 0 Å². The van der Waals surface area contributed by atoms with Crippen LogP contribution >= 0.6 is 11.6 Å². The summed E-state index contributed by atoms with van der Waals surface area (Å²) in [4.78, 5) is 28.8. The second kappa shape index (κ2) is 11.8. The van der Waals surface area contributed by atoms with Crippen LogP contribution in [0.25, 0.3) is 0 Å². The Hall–Kier alpha value is -3.86. The summed E-state index contributed by atoms with van der Waals surface area (Å²) in [6.45, 7) is 0.844. The first-order valence-corrected chi connectivity index (χ1v) is 11.2. The molecule has 0 bridgehead atoms. The van der Waals surface area contributed by atoms with E-state index in [0.717, 1.165) is 47.7 Å². The Morgan fingerprint density at radius 1 is 1.09 bits per heavy atom. The molecule has 0 spiro atoms. The average Bonchev–Trinajstić information content (AvgIpc) is 3.33. The standard InChI is InChI=1S/C22H28ClN9O2/c23-18-20(25)31-19(24)17(30-18)21(33)32(22(26)27)12-2-1-4-14-6-8-15(9-7-14)34-13-3-5-16-28-10-11-29-16/h6-11H,1-5,12-13H2,(H3,26,27)(H,28,29)(H4,24,25,31). The maximum atomic E-state index is 12.8. The number of hydrogen-bond donors (Lipinski definition) is 5. The topological polar surface area (TPSA) is 186 Å². The zero-order chi connectivity index (χ0) is 24.5. The maximum Gasteiger partial charge on any atom is 0.283 e. The van der Waals surface area contributed by atoms with Crippen LogP contribution in [0.3, 0.4) is 0 Å². The number of anilines is 2. The molecule has 0 aliphatic rings. The number of halogens is 1. The first kappa shape index (κ1) is 24.8. The molecular weight excluding hydrogens is 458 g/mol. The predicted octanol–water partition coefficient (Wildman–Crippen LogP) is 2.39. The molecule has 0 radical (unpaired) electrons. The highest BCUT2D eigenvalue weighted by atomic mass is 35.5. The molecule has 0 saturated heterocycles. The third-order valence-electron chi connectivity index (χ3n) is 5.05. The number of nitrogens with one attached hydrogen (secondary N) is 2. The van der Waals surface area contributed by atoms with Gasteiger partial charge in [-0.2, -0.15) is 0 Å². The molecule has 2 aromatic heterocycles. The van der Waals surface area contributed by atoms with Gasteiger partial charge in [-0.3, -0.25) is 15.1 Å². The van der Waals surface area contributed by atoms with Crippen molar-refractivity contribution in [2.45, 2.75) is 32.1 Å². The molecule has 11 nitrogen and oxygen atoms in total. The molecule has 0 atom stereocenters. The third-order valence-corrected chi connectivity index (χ3v) is 5.32. The van der Waals surface area contributed by atoms with Crippen molar-refractivity contribution in [2.24, 2.45) is 5.73 Å². The van der Waals surface area contributed by atoms with E-state index in [1.807, 2.05) is 30.5 Å². The van der Waals surface area contributed by atoms with E-state index in [9.17, 15) is 4.79 Å².